The van der Waals surface area contributed by atoms with Gasteiger partial charge in [0.15, 0.2) is 5.82 Å². The van der Waals surface area contributed by atoms with E-state index in [-0.39, 0.29) is 18.6 Å². The van der Waals surface area contributed by atoms with E-state index in [4.69, 9.17) is 5.11 Å². The largest absolute Gasteiger partial charge is 0.394 e. The van der Waals surface area contributed by atoms with Gasteiger partial charge in [-0.2, -0.15) is 0 Å². The van der Waals surface area contributed by atoms with Crippen molar-refractivity contribution in [1.29, 1.82) is 0 Å². The first kappa shape index (κ1) is 18.9. The first-order valence-electron chi connectivity index (χ1n) is 8.73. The minimum Gasteiger partial charge on any atom is -0.394 e. The molecule has 0 radical (unpaired) electrons. The quantitative estimate of drug-likeness (QED) is 0.647. The van der Waals surface area contributed by atoms with Gasteiger partial charge in [0.2, 0.25) is 0 Å². The minimum atomic E-state index is -0.210. The van der Waals surface area contributed by atoms with Crippen LogP contribution in [-0.4, -0.2) is 38.4 Å². The maximum atomic E-state index is 12.1. The molecule has 1 aromatic carbocycles. The van der Waals surface area contributed by atoms with Crippen LogP contribution < -0.4 is 10.6 Å². The second-order valence-electron chi connectivity index (χ2n) is 6.01. The SMILES string of the molecule is CCCn1c(C)nnc1CNc1ccc(C(=O)NC(CC)CO)cc1. The predicted molar refractivity (Wildman–Crippen MR) is 97.4 cm³/mol. The van der Waals surface area contributed by atoms with Crippen molar-refractivity contribution in [3.63, 3.8) is 0 Å². The molecule has 25 heavy (non-hydrogen) atoms. The van der Waals surface area contributed by atoms with Crippen LogP contribution in [0.15, 0.2) is 24.3 Å². The van der Waals surface area contributed by atoms with Crippen molar-refractivity contribution >= 4 is 11.6 Å². The Bertz CT molecular complexity index is 677. The molecule has 0 saturated carbocycles. The Morgan fingerprint density at radius 3 is 2.56 bits per heavy atom. The number of carbonyl (C=O) groups excluding carboxylic acids is 1. The molecule has 0 fully saturated rings. The van der Waals surface area contributed by atoms with E-state index in [9.17, 15) is 4.79 Å². The molecule has 1 aromatic heterocycles. The van der Waals surface area contributed by atoms with Crippen LogP contribution in [0.25, 0.3) is 0 Å². The number of carbonyl (C=O) groups is 1. The standard InChI is InChI=1S/C18H27N5O2/c1-4-10-23-13(3)21-22-17(23)11-19-16-8-6-14(7-9-16)18(25)20-15(5-2)12-24/h6-9,15,19,24H,4-5,10-12H2,1-3H3,(H,20,25). The second kappa shape index (κ2) is 9.17. The lowest BCUT2D eigenvalue weighted by Gasteiger charge is -2.14. The summed E-state index contributed by atoms with van der Waals surface area (Å²) in [6.45, 7) is 7.43. The molecule has 0 spiro atoms. The summed E-state index contributed by atoms with van der Waals surface area (Å²) >= 11 is 0. The summed E-state index contributed by atoms with van der Waals surface area (Å²) < 4.78 is 2.11. The van der Waals surface area contributed by atoms with Crippen molar-refractivity contribution in [2.24, 2.45) is 0 Å². The molecule has 1 amide bonds. The van der Waals surface area contributed by atoms with Gasteiger partial charge in [-0.3, -0.25) is 4.79 Å². The third kappa shape index (κ3) is 5.03. The fourth-order valence-electron chi connectivity index (χ4n) is 2.54. The highest BCUT2D eigenvalue weighted by Gasteiger charge is 2.11. The van der Waals surface area contributed by atoms with Gasteiger partial charge in [0.05, 0.1) is 19.2 Å². The third-order valence-electron chi connectivity index (χ3n) is 4.11. The van der Waals surface area contributed by atoms with Gasteiger partial charge in [-0.25, -0.2) is 0 Å². The number of aromatic nitrogens is 3. The smallest absolute Gasteiger partial charge is 0.251 e. The van der Waals surface area contributed by atoms with Crippen LogP contribution in [0.1, 0.15) is 48.7 Å². The Labute approximate surface area is 148 Å². The molecular weight excluding hydrogens is 318 g/mol. The molecule has 0 bridgehead atoms. The van der Waals surface area contributed by atoms with E-state index in [0.29, 0.717) is 18.5 Å². The summed E-state index contributed by atoms with van der Waals surface area (Å²) in [6, 6.07) is 7.05. The molecule has 1 atom stereocenters. The lowest BCUT2D eigenvalue weighted by atomic mass is 10.1. The number of aliphatic hydroxyl groups is 1. The van der Waals surface area contributed by atoms with E-state index in [1.54, 1.807) is 12.1 Å². The Morgan fingerprint density at radius 2 is 1.96 bits per heavy atom. The highest BCUT2D eigenvalue weighted by molar-refractivity contribution is 5.94. The van der Waals surface area contributed by atoms with Gasteiger partial charge in [0.25, 0.3) is 5.91 Å². The monoisotopic (exact) mass is 345 g/mol. The molecule has 0 aliphatic rings. The number of aliphatic hydroxyl groups excluding tert-OH is 1. The van der Waals surface area contributed by atoms with Gasteiger partial charge >= 0.3 is 0 Å². The van der Waals surface area contributed by atoms with Gasteiger partial charge in [0.1, 0.15) is 5.82 Å². The van der Waals surface area contributed by atoms with Crippen molar-refractivity contribution in [2.75, 3.05) is 11.9 Å². The molecule has 1 heterocycles. The number of anilines is 1. The summed E-state index contributed by atoms with van der Waals surface area (Å²) in [5.41, 5.74) is 1.48. The number of nitrogens with one attached hydrogen (secondary N) is 2. The first-order chi connectivity index (χ1) is 12.1. The summed E-state index contributed by atoms with van der Waals surface area (Å²) in [6.07, 6.45) is 1.72. The molecule has 0 saturated heterocycles. The molecule has 0 aliphatic heterocycles. The van der Waals surface area contributed by atoms with Crippen molar-refractivity contribution in [3.8, 4) is 0 Å². The van der Waals surface area contributed by atoms with Crippen LogP contribution in [0.2, 0.25) is 0 Å². The van der Waals surface area contributed by atoms with E-state index in [1.165, 1.54) is 0 Å². The number of rotatable bonds is 9. The molecule has 2 rings (SSSR count). The molecule has 3 N–H and O–H groups in total. The van der Waals surface area contributed by atoms with E-state index in [2.05, 4.69) is 32.3 Å². The average Bonchev–Trinajstić information content (AvgIpc) is 2.98. The number of hydrogen-bond donors (Lipinski definition) is 3. The van der Waals surface area contributed by atoms with E-state index < -0.39 is 0 Å². The number of aryl methyl sites for hydroxylation is 1. The van der Waals surface area contributed by atoms with Crippen LogP contribution in [0.5, 0.6) is 0 Å². The highest BCUT2D eigenvalue weighted by Crippen LogP contribution is 2.12. The summed E-state index contributed by atoms with van der Waals surface area (Å²) in [4.78, 5) is 12.1. The molecule has 1 unspecified atom stereocenters. The predicted octanol–water partition coefficient (Wildman–Crippen LogP) is 2.11. The Hall–Kier alpha value is -2.41. The minimum absolute atomic E-state index is 0.0558. The number of nitrogens with zero attached hydrogens (tertiary/aromatic N) is 3. The van der Waals surface area contributed by atoms with E-state index >= 15 is 0 Å². The third-order valence-corrected chi connectivity index (χ3v) is 4.11. The summed E-state index contributed by atoms with van der Waals surface area (Å²) in [7, 11) is 0. The van der Waals surface area contributed by atoms with Gasteiger partial charge in [-0.15, -0.1) is 10.2 Å². The zero-order chi connectivity index (χ0) is 18.2. The summed E-state index contributed by atoms with van der Waals surface area (Å²) in [5.74, 6) is 1.64. The molecule has 0 aliphatic carbocycles. The maximum Gasteiger partial charge on any atom is 0.251 e. The van der Waals surface area contributed by atoms with Crippen LogP contribution >= 0.6 is 0 Å². The second-order valence-corrected chi connectivity index (χ2v) is 6.01. The lowest BCUT2D eigenvalue weighted by Crippen LogP contribution is -2.36. The Kier molecular flexibility index (Phi) is 6.94. The number of amides is 1. The fourth-order valence-corrected chi connectivity index (χ4v) is 2.54. The lowest BCUT2D eigenvalue weighted by molar-refractivity contribution is 0.0915. The van der Waals surface area contributed by atoms with Crippen LogP contribution in [0, 0.1) is 6.92 Å². The first-order valence-corrected chi connectivity index (χ1v) is 8.73. The normalized spacial score (nSPS) is 12.0. The Balaban J connectivity index is 1.95. The Morgan fingerprint density at radius 1 is 1.24 bits per heavy atom. The number of hydrogen-bond acceptors (Lipinski definition) is 5. The average molecular weight is 345 g/mol. The van der Waals surface area contributed by atoms with Gasteiger partial charge < -0.3 is 20.3 Å². The van der Waals surface area contributed by atoms with Crippen LogP contribution in [-0.2, 0) is 13.1 Å². The number of benzene rings is 1. The van der Waals surface area contributed by atoms with E-state index in [0.717, 1.165) is 30.3 Å². The van der Waals surface area contributed by atoms with Gasteiger partial charge in [-0.05, 0) is 44.0 Å². The fraction of sp³-hybridized carbons (Fsp3) is 0.500. The van der Waals surface area contributed by atoms with Gasteiger partial charge in [-0.1, -0.05) is 13.8 Å². The van der Waals surface area contributed by atoms with Crippen molar-refractivity contribution in [2.45, 2.75) is 52.7 Å². The van der Waals surface area contributed by atoms with Gasteiger partial charge in [0, 0.05) is 17.8 Å². The van der Waals surface area contributed by atoms with Crippen molar-refractivity contribution in [3.05, 3.63) is 41.5 Å². The zero-order valence-corrected chi connectivity index (χ0v) is 15.1. The topological polar surface area (TPSA) is 92.1 Å². The zero-order valence-electron chi connectivity index (χ0n) is 15.1. The highest BCUT2D eigenvalue weighted by atomic mass is 16.3. The maximum absolute atomic E-state index is 12.1. The molecule has 7 nitrogen and oxygen atoms in total. The molecule has 136 valence electrons. The van der Waals surface area contributed by atoms with Crippen LogP contribution in [0.3, 0.4) is 0 Å². The van der Waals surface area contributed by atoms with Crippen molar-refractivity contribution in [1.82, 2.24) is 20.1 Å². The van der Waals surface area contributed by atoms with Crippen LogP contribution in [0.4, 0.5) is 5.69 Å². The molecule has 2 aromatic rings. The van der Waals surface area contributed by atoms with E-state index in [1.807, 2.05) is 26.0 Å². The molecular formula is C18H27N5O2. The summed E-state index contributed by atoms with van der Waals surface area (Å²) in [5, 5.41) is 23.6. The molecule has 7 heteroatoms. The van der Waals surface area contributed by atoms with Crippen molar-refractivity contribution < 1.29 is 9.90 Å².